The van der Waals surface area contributed by atoms with E-state index in [9.17, 15) is 4.79 Å². The fraction of sp³-hybridized carbons (Fsp3) is 0.500. The van der Waals surface area contributed by atoms with Gasteiger partial charge in [0.25, 0.3) is 0 Å². The highest BCUT2D eigenvalue weighted by Gasteiger charge is 2.08. The van der Waals surface area contributed by atoms with Crippen LogP contribution in [0.25, 0.3) is 0 Å². The number of rotatable bonds is 6. The maximum atomic E-state index is 11.7. The minimum absolute atomic E-state index is 0.364. The standard InChI is InChI=1S/C14H20OS/c1-4-11(2)9-13(15)10-16-14-8-6-5-7-12(14)3/h5-8,11H,4,9-10H2,1-3H3. The molecule has 1 aromatic rings. The SMILES string of the molecule is CCC(C)CC(=O)CSc1ccccc1C. The van der Waals surface area contributed by atoms with Crippen LogP contribution in [0.5, 0.6) is 0 Å². The summed E-state index contributed by atoms with van der Waals surface area (Å²) in [5.74, 6) is 1.49. The van der Waals surface area contributed by atoms with Crippen molar-refractivity contribution < 1.29 is 4.79 Å². The number of Topliss-reactive ketones (excluding diaryl/α,β-unsaturated/α-hetero) is 1. The number of benzene rings is 1. The second kappa shape index (κ2) is 6.74. The van der Waals surface area contributed by atoms with Crippen LogP contribution in [0.1, 0.15) is 32.3 Å². The zero-order valence-electron chi connectivity index (χ0n) is 10.3. The van der Waals surface area contributed by atoms with Crippen LogP contribution < -0.4 is 0 Å². The Bertz CT molecular complexity index is 346. The first-order valence-electron chi connectivity index (χ1n) is 5.83. The molecule has 16 heavy (non-hydrogen) atoms. The van der Waals surface area contributed by atoms with Gasteiger partial charge in [0.05, 0.1) is 5.75 Å². The van der Waals surface area contributed by atoms with Gasteiger partial charge in [0, 0.05) is 11.3 Å². The summed E-state index contributed by atoms with van der Waals surface area (Å²) in [6.07, 6.45) is 1.80. The topological polar surface area (TPSA) is 17.1 Å². The first-order chi connectivity index (χ1) is 7.63. The molecule has 1 atom stereocenters. The number of carbonyl (C=O) groups excluding carboxylic acids is 1. The first kappa shape index (κ1) is 13.3. The molecule has 0 spiro atoms. The van der Waals surface area contributed by atoms with Crippen molar-refractivity contribution in [2.24, 2.45) is 5.92 Å². The highest BCUT2D eigenvalue weighted by atomic mass is 32.2. The summed E-state index contributed by atoms with van der Waals surface area (Å²) in [7, 11) is 0. The maximum absolute atomic E-state index is 11.7. The second-order valence-electron chi connectivity index (χ2n) is 4.31. The number of aryl methyl sites for hydroxylation is 1. The fourth-order valence-corrected chi connectivity index (χ4v) is 2.37. The Morgan fingerprint density at radius 2 is 2.06 bits per heavy atom. The van der Waals surface area contributed by atoms with Gasteiger partial charge in [-0.1, -0.05) is 38.5 Å². The molecule has 1 nitrogen and oxygen atoms in total. The predicted octanol–water partition coefficient (Wildman–Crippen LogP) is 4.09. The average molecular weight is 236 g/mol. The van der Waals surface area contributed by atoms with E-state index in [0.29, 0.717) is 17.5 Å². The summed E-state index contributed by atoms with van der Waals surface area (Å²) in [5, 5.41) is 0. The Hall–Kier alpha value is -0.760. The molecule has 0 saturated carbocycles. The van der Waals surface area contributed by atoms with Crippen LogP contribution in [0, 0.1) is 12.8 Å². The summed E-state index contributed by atoms with van der Waals surface area (Å²) in [6, 6.07) is 8.22. The van der Waals surface area contributed by atoms with Crippen LogP contribution >= 0.6 is 11.8 Å². The van der Waals surface area contributed by atoms with E-state index in [2.05, 4.69) is 32.9 Å². The Morgan fingerprint density at radius 1 is 1.38 bits per heavy atom. The van der Waals surface area contributed by atoms with Gasteiger partial charge in [-0.3, -0.25) is 4.79 Å². The van der Waals surface area contributed by atoms with E-state index < -0.39 is 0 Å². The van der Waals surface area contributed by atoms with E-state index in [1.807, 2.05) is 12.1 Å². The third-order valence-electron chi connectivity index (χ3n) is 2.76. The molecule has 1 unspecified atom stereocenters. The largest absolute Gasteiger partial charge is 0.299 e. The van der Waals surface area contributed by atoms with Crippen LogP contribution in [0.3, 0.4) is 0 Å². The molecular weight excluding hydrogens is 216 g/mol. The van der Waals surface area contributed by atoms with E-state index in [1.165, 1.54) is 10.5 Å². The monoisotopic (exact) mass is 236 g/mol. The summed E-state index contributed by atoms with van der Waals surface area (Å²) in [6.45, 7) is 6.35. The lowest BCUT2D eigenvalue weighted by atomic mass is 10.0. The smallest absolute Gasteiger partial charge is 0.143 e. The van der Waals surface area contributed by atoms with Gasteiger partial charge >= 0.3 is 0 Å². The molecule has 0 bridgehead atoms. The van der Waals surface area contributed by atoms with Crippen molar-refractivity contribution in [3.63, 3.8) is 0 Å². The quantitative estimate of drug-likeness (QED) is 0.692. The summed E-state index contributed by atoms with van der Waals surface area (Å²) in [4.78, 5) is 12.9. The van der Waals surface area contributed by atoms with Gasteiger partial charge in [-0.25, -0.2) is 0 Å². The minimum atomic E-state index is 0.364. The van der Waals surface area contributed by atoms with Crippen LogP contribution in [-0.2, 0) is 4.79 Å². The van der Waals surface area contributed by atoms with Gasteiger partial charge < -0.3 is 0 Å². The summed E-state index contributed by atoms with van der Waals surface area (Å²) >= 11 is 1.66. The van der Waals surface area contributed by atoms with Crippen molar-refractivity contribution in [1.29, 1.82) is 0 Å². The second-order valence-corrected chi connectivity index (χ2v) is 5.33. The molecule has 0 saturated heterocycles. The molecular formula is C14H20OS. The molecule has 88 valence electrons. The Labute approximate surface area is 103 Å². The lowest BCUT2D eigenvalue weighted by Crippen LogP contribution is -2.07. The molecule has 0 amide bonds. The van der Waals surface area contributed by atoms with E-state index in [-0.39, 0.29) is 0 Å². The zero-order chi connectivity index (χ0) is 12.0. The third kappa shape index (κ3) is 4.40. The summed E-state index contributed by atoms with van der Waals surface area (Å²) < 4.78 is 0. The predicted molar refractivity (Wildman–Crippen MR) is 71.0 cm³/mol. The Kier molecular flexibility index (Phi) is 5.61. The molecule has 2 heteroatoms. The van der Waals surface area contributed by atoms with Crippen molar-refractivity contribution >= 4 is 17.5 Å². The van der Waals surface area contributed by atoms with Gasteiger partial charge in [0.2, 0.25) is 0 Å². The van der Waals surface area contributed by atoms with Gasteiger partial charge in [-0.15, -0.1) is 11.8 Å². The van der Waals surface area contributed by atoms with Crippen molar-refractivity contribution in [1.82, 2.24) is 0 Å². The van der Waals surface area contributed by atoms with E-state index in [1.54, 1.807) is 11.8 Å². The molecule has 0 heterocycles. The molecule has 1 rings (SSSR count). The zero-order valence-corrected chi connectivity index (χ0v) is 11.1. The summed E-state index contributed by atoms with van der Waals surface area (Å²) in [5.41, 5.74) is 1.25. The van der Waals surface area contributed by atoms with Crippen molar-refractivity contribution in [3.05, 3.63) is 29.8 Å². The Morgan fingerprint density at radius 3 is 2.69 bits per heavy atom. The van der Waals surface area contributed by atoms with Crippen molar-refractivity contribution in [2.45, 2.75) is 38.5 Å². The number of thioether (sulfide) groups is 1. The van der Waals surface area contributed by atoms with Crippen molar-refractivity contribution in [2.75, 3.05) is 5.75 Å². The molecule has 0 aliphatic heterocycles. The van der Waals surface area contributed by atoms with Gasteiger partial charge in [-0.05, 0) is 24.5 Å². The molecule has 0 N–H and O–H groups in total. The van der Waals surface area contributed by atoms with Crippen molar-refractivity contribution in [3.8, 4) is 0 Å². The first-order valence-corrected chi connectivity index (χ1v) is 6.82. The molecule has 0 aromatic heterocycles. The number of hydrogen-bond donors (Lipinski definition) is 0. The normalized spacial score (nSPS) is 12.4. The van der Waals surface area contributed by atoms with Crippen LogP contribution in [0.4, 0.5) is 0 Å². The highest BCUT2D eigenvalue weighted by Crippen LogP contribution is 2.22. The van der Waals surface area contributed by atoms with Gasteiger partial charge in [0.1, 0.15) is 5.78 Å². The molecule has 0 fully saturated rings. The molecule has 1 aromatic carbocycles. The van der Waals surface area contributed by atoms with Crippen LogP contribution in [0.15, 0.2) is 29.2 Å². The van der Waals surface area contributed by atoms with E-state index >= 15 is 0 Å². The number of ketones is 1. The minimum Gasteiger partial charge on any atom is -0.299 e. The van der Waals surface area contributed by atoms with E-state index in [4.69, 9.17) is 0 Å². The number of carbonyl (C=O) groups is 1. The Balaban J connectivity index is 2.40. The van der Waals surface area contributed by atoms with Gasteiger partial charge in [0.15, 0.2) is 0 Å². The van der Waals surface area contributed by atoms with Crippen LogP contribution in [-0.4, -0.2) is 11.5 Å². The lowest BCUT2D eigenvalue weighted by molar-refractivity contribution is -0.117. The average Bonchev–Trinajstić information content (AvgIpc) is 2.28. The number of hydrogen-bond acceptors (Lipinski definition) is 2. The fourth-order valence-electron chi connectivity index (χ4n) is 1.47. The molecule has 0 aliphatic carbocycles. The van der Waals surface area contributed by atoms with Gasteiger partial charge in [-0.2, -0.15) is 0 Å². The highest BCUT2D eigenvalue weighted by molar-refractivity contribution is 8.00. The lowest BCUT2D eigenvalue weighted by Gasteiger charge is -2.08. The van der Waals surface area contributed by atoms with Crippen LogP contribution in [0.2, 0.25) is 0 Å². The maximum Gasteiger partial charge on any atom is 0.143 e. The van der Waals surface area contributed by atoms with E-state index in [0.717, 1.165) is 12.8 Å². The third-order valence-corrected chi connectivity index (χ3v) is 3.99. The molecule has 0 aliphatic rings. The molecule has 0 radical (unpaired) electrons.